The second-order valence-electron chi connectivity index (χ2n) is 27.0. The largest absolute Gasteiger partial charge is 0.756 e. The molecule has 0 amide bonds. The Morgan fingerprint density at radius 2 is 0.635 bits per heavy atom. The van der Waals surface area contributed by atoms with Gasteiger partial charge in [0, 0.05) is 12.8 Å². The number of likely N-dealkylation sites (N-methyl/N-ethyl adjacent to an activating group) is 1. The van der Waals surface area contributed by atoms with Crippen LogP contribution in [0.3, 0.4) is 0 Å². The summed E-state index contributed by atoms with van der Waals surface area (Å²) in [7, 11) is 1.19. The van der Waals surface area contributed by atoms with Crippen LogP contribution >= 0.6 is 7.82 Å². The maximum atomic E-state index is 12.9. The lowest BCUT2D eigenvalue weighted by atomic mass is 10.0. The minimum atomic E-state index is -4.64. The van der Waals surface area contributed by atoms with Crippen LogP contribution in [-0.2, 0) is 32.7 Å². The number of esters is 2. The molecule has 0 aliphatic carbocycles. The Hall–Kier alpha value is -1.51. The Balaban J connectivity index is 3.95. The van der Waals surface area contributed by atoms with Crippen molar-refractivity contribution in [2.24, 2.45) is 0 Å². The predicted molar refractivity (Wildman–Crippen MR) is 365 cm³/mol. The number of phosphoric ester groups is 1. The molecule has 0 saturated carbocycles. The molecule has 0 aromatic rings. The van der Waals surface area contributed by atoms with E-state index in [-0.39, 0.29) is 32.0 Å². The Kier molecular flexibility index (Phi) is 65.7. The van der Waals surface area contributed by atoms with Gasteiger partial charge in [-0.1, -0.05) is 359 Å². The maximum Gasteiger partial charge on any atom is 0.306 e. The normalized spacial score (nSPS) is 13.2. The summed E-state index contributed by atoms with van der Waals surface area (Å²) in [6.45, 7) is 4.32. The van der Waals surface area contributed by atoms with Crippen molar-refractivity contribution in [3.8, 4) is 0 Å². The van der Waals surface area contributed by atoms with Gasteiger partial charge in [0.05, 0.1) is 27.7 Å². The third-order valence-electron chi connectivity index (χ3n) is 17.2. The number of ether oxygens (including phenoxy) is 2. The number of carbonyl (C=O) groups excluding carboxylic acids is 2. The smallest absolute Gasteiger partial charge is 0.306 e. The molecular formula is C75H146NO8P. The van der Waals surface area contributed by atoms with Crippen molar-refractivity contribution in [2.45, 2.75) is 399 Å². The Morgan fingerprint density at radius 3 is 0.929 bits per heavy atom. The summed E-state index contributed by atoms with van der Waals surface area (Å²) in [4.78, 5) is 38.1. The lowest BCUT2D eigenvalue weighted by molar-refractivity contribution is -0.870. The van der Waals surface area contributed by atoms with Crippen LogP contribution in [0.1, 0.15) is 393 Å². The molecule has 2 atom stereocenters. The van der Waals surface area contributed by atoms with E-state index in [9.17, 15) is 19.0 Å². The summed E-state index contributed by atoms with van der Waals surface area (Å²) < 4.78 is 34.4. The highest BCUT2D eigenvalue weighted by atomic mass is 31.2. The number of nitrogens with zero attached hydrogens (tertiary/aromatic N) is 1. The monoisotopic (exact) mass is 1220 g/mol. The van der Waals surface area contributed by atoms with Crippen molar-refractivity contribution in [2.75, 3.05) is 47.5 Å². The van der Waals surface area contributed by atoms with Crippen LogP contribution in [0, 0.1) is 0 Å². The van der Waals surface area contributed by atoms with Gasteiger partial charge in [-0.15, -0.1) is 0 Å². The Labute approximate surface area is 529 Å². The zero-order valence-electron chi connectivity index (χ0n) is 57.6. The maximum absolute atomic E-state index is 12.9. The van der Waals surface area contributed by atoms with E-state index in [0.717, 1.165) is 38.5 Å². The van der Waals surface area contributed by atoms with Crippen LogP contribution in [0.25, 0.3) is 0 Å². The topological polar surface area (TPSA) is 111 Å². The third-order valence-corrected chi connectivity index (χ3v) is 18.2. The van der Waals surface area contributed by atoms with E-state index >= 15 is 0 Å². The minimum absolute atomic E-state index is 0.0267. The number of hydrogen-bond donors (Lipinski definition) is 0. The zero-order valence-corrected chi connectivity index (χ0v) is 58.5. The lowest BCUT2D eigenvalue weighted by Gasteiger charge is -2.28. The molecule has 0 rings (SSSR count). The number of hydrogen-bond acceptors (Lipinski definition) is 8. The molecule has 504 valence electrons. The highest BCUT2D eigenvalue weighted by Gasteiger charge is 2.22. The molecule has 0 spiro atoms. The van der Waals surface area contributed by atoms with Gasteiger partial charge in [-0.25, -0.2) is 0 Å². The minimum Gasteiger partial charge on any atom is -0.756 e. The Morgan fingerprint density at radius 1 is 0.365 bits per heavy atom. The highest BCUT2D eigenvalue weighted by molar-refractivity contribution is 7.45. The van der Waals surface area contributed by atoms with Crippen LogP contribution < -0.4 is 4.89 Å². The fraction of sp³-hybridized carbons (Fsp3) is 0.920. The number of rotatable bonds is 71. The van der Waals surface area contributed by atoms with Crippen molar-refractivity contribution < 1.29 is 42.1 Å². The molecule has 85 heavy (non-hydrogen) atoms. The van der Waals surface area contributed by atoms with E-state index in [1.807, 2.05) is 21.1 Å². The molecule has 0 N–H and O–H groups in total. The highest BCUT2D eigenvalue weighted by Crippen LogP contribution is 2.38. The van der Waals surface area contributed by atoms with Gasteiger partial charge in [0.15, 0.2) is 6.10 Å². The van der Waals surface area contributed by atoms with Crippen LogP contribution in [0.2, 0.25) is 0 Å². The summed E-state index contributed by atoms with van der Waals surface area (Å²) in [6.07, 6.45) is 84.3. The van der Waals surface area contributed by atoms with Crippen LogP contribution in [0.5, 0.6) is 0 Å². The van der Waals surface area contributed by atoms with E-state index in [2.05, 4.69) is 38.2 Å². The van der Waals surface area contributed by atoms with E-state index in [0.29, 0.717) is 17.4 Å². The number of allylic oxidation sites excluding steroid dienone is 4. The lowest BCUT2D eigenvalue weighted by Crippen LogP contribution is -2.37. The number of unbranched alkanes of at least 4 members (excludes halogenated alkanes) is 53. The van der Waals surface area contributed by atoms with E-state index in [1.165, 1.54) is 321 Å². The molecule has 0 bridgehead atoms. The first-order valence-corrected chi connectivity index (χ1v) is 39.0. The SMILES string of the molecule is CCCCCCC/C=C\C/C=C\CCCCCCCCCCCCCCCCCCCCCC(=O)OC(COC(=O)CCCCCCCCCCCCCCCCCCCCCCCCCCCCCCCC)COP(=O)([O-])OCC[N+](C)(C)C. The van der Waals surface area contributed by atoms with Gasteiger partial charge in [-0.2, -0.15) is 0 Å². The van der Waals surface area contributed by atoms with Gasteiger partial charge in [0.25, 0.3) is 7.82 Å². The fourth-order valence-electron chi connectivity index (χ4n) is 11.5. The first-order valence-electron chi connectivity index (χ1n) is 37.5. The van der Waals surface area contributed by atoms with Gasteiger partial charge in [-0.05, 0) is 44.9 Å². The van der Waals surface area contributed by atoms with E-state index < -0.39 is 26.5 Å². The van der Waals surface area contributed by atoms with Crippen molar-refractivity contribution in [3.05, 3.63) is 24.3 Å². The van der Waals surface area contributed by atoms with Gasteiger partial charge in [-0.3, -0.25) is 14.2 Å². The predicted octanol–water partition coefficient (Wildman–Crippen LogP) is 23.8. The summed E-state index contributed by atoms with van der Waals surface area (Å²) in [5, 5.41) is 0. The first-order chi connectivity index (χ1) is 41.5. The molecular weight excluding hydrogens is 1070 g/mol. The van der Waals surface area contributed by atoms with Gasteiger partial charge in [0.2, 0.25) is 0 Å². The van der Waals surface area contributed by atoms with Crippen molar-refractivity contribution in [1.82, 2.24) is 0 Å². The van der Waals surface area contributed by atoms with Gasteiger partial charge >= 0.3 is 11.9 Å². The third kappa shape index (κ3) is 71.4. The molecule has 2 unspecified atom stereocenters. The van der Waals surface area contributed by atoms with E-state index in [4.69, 9.17) is 18.5 Å². The van der Waals surface area contributed by atoms with Crippen molar-refractivity contribution >= 4 is 19.8 Å². The van der Waals surface area contributed by atoms with Crippen LogP contribution in [0.4, 0.5) is 0 Å². The zero-order chi connectivity index (χ0) is 61.9. The average molecular weight is 1220 g/mol. The molecule has 0 aliphatic rings. The summed E-state index contributed by atoms with van der Waals surface area (Å²) >= 11 is 0. The Bertz CT molecular complexity index is 1480. The molecule has 9 nitrogen and oxygen atoms in total. The molecule has 10 heteroatoms. The summed E-state index contributed by atoms with van der Waals surface area (Å²) in [5.41, 5.74) is 0. The molecule has 0 heterocycles. The fourth-order valence-corrected chi connectivity index (χ4v) is 12.2. The quantitative estimate of drug-likeness (QED) is 0.0195. The second-order valence-corrected chi connectivity index (χ2v) is 28.4. The van der Waals surface area contributed by atoms with Crippen molar-refractivity contribution in [3.63, 3.8) is 0 Å². The number of quaternary nitrogens is 1. The summed E-state index contributed by atoms with van der Waals surface area (Å²) in [6, 6.07) is 0. The molecule has 0 aromatic carbocycles. The number of phosphoric acid groups is 1. The molecule has 0 aliphatic heterocycles. The van der Waals surface area contributed by atoms with Crippen LogP contribution in [-0.4, -0.2) is 70.0 Å². The van der Waals surface area contributed by atoms with Crippen molar-refractivity contribution in [1.29, 1.82) is 0 Å². The molecule has 0 aromatic heterocycles. The van der Waals surface area contributed by atoms with Crippen LogP contribution in [0.15, 0.2) is 24.3 Å². The van der Waals surface area contributed by atoms with Gasteiger partial charge in [0.1, 0.15) is 19.8 Å². The molecule has 0 fully saturated rings. The first kappa shape index (κ1) is 83.5. The molecule has 0 saturated heterocycles. The standard InChI is InChI=1S/C75H146NO8P/c1-6-8-10-12-14-16-18-20-22-24-26-28-30-32-34-36-38-40-42-44-46-48-50-52-54-56-58-60-62-64-66-68-75(78)84-73(72-83-85(79,80)82-70-69-76(3,4)5)71-81-74(77)67-65-63-61-59-57-55-53-51-49-47-45-43-41-39-37-35-33-31-29-27-25-23-21-19-17-15-13-11-9-7-2/h18,20,24,26,73H,6-17,19,21-23,25,27-72H2,1-5H3/b20-18-,26-24-. The second kappa shape index (κ2) is 66.9. The number of carbonyl (C=O) groups is 2. The molecule has 0 radical (unpaired) electrons. The van der Waals surface area contributed by atoms with E-state index in [1.54, 1.807) is 0 Å². The summed E-state index contributed by atoms with van der Waals surface area (Å²) in [5.74, 6) is -0.807. The average Bonchev–Trinajstić information content (AvgIpc) is 3.50. The van der Waals surface area contributed by atoms with Gasteiger partial charge < -0.3 is 27.9 Å².